The van der Waals surface area contributed by atoms with Crippen molar-refractivity contribution in [2.24, 2.45) is 11.8 Å². The molecule has 0 N–H and O–H groups in total. The van der Waals surface area contributed by atoms with Crippen LogP contribution in [0.15, 0.2) is 43.0 Å². The third-order valence-electron chi connectivity index (χ3n) is 3.21. The Morgan fingerprint density at radius 3 is 2.37 bits per heavy atom. The molecule has 0 aromatic heterocycles. The molecule has 0 bridgehead atoms. The molecule has 2 atom stereocenters. The van der Waals surface area contributed by atoms with Gasteiger partial charge < -0.3 is 0 Å². The molecule has 1 nitrogen and oxygen atoms in total. The molecule has 0 saturated carbocycles. The molecule has 0 aliphatic carbocycles. The molecule has 1 aromatic rings. The van der Waals surface area contributed by atoms with Gasteiger partial charge >= 0.3 is 6.18 Å². The van der Waals surface area contributed by atoms with Crippen LogP contribution in [0.2, 0.25) is 0 Å². The van der Waals surface area contributed by atoms with Crippen molar-refractivity contribution in [3.05, 3.63) is 48.6 Å². The maximum absolute atomic E-state index is 12.5. The number of carbonyl (C=O) groups excluding carboxylic acids is 1. The number of hydrogen-bond donors (Lipinski definition) is 0. The van der Waals surface area contributed by atoms with Gasteiger partial charge in [-0.05, 0) is 24.3 Å². The Bertz CT molecular complexity index is 423. The van der Waals surface area contributed by atoms with Crippen LogP contribution in [-0.4, -0.2) is 12.0 Å². The zero-order valence-electron chi connectivity index (χ0n) is 10.8. The summed E-state index contributed by atoms with van der Waals surface area (Å²) < 4.78 is 37.6. The van der Waals surface area contributed by atoms with Crippen LogP contribution < -0.4 is 0 Å². The smallest absolute Gasteiger partial charge is 0.289 e. The highest BCUT2D eigenvalue weighted by molar-refractivity contribution is 5.86. The van der Waals surface area contributed by atoms with Crippen molar-refractivity contribution in [2.75, 3.05) is 0 Å². The number of ketones is 1. The number of halogens is 3. The SMILES string of the molecule is C=C[C@H](C)[C@H](CCc1ccccc1)C(=O)C(F)(F)F. The van der Waals surface area contributed by atoms with E-state index in [1.165, 1.54) is 6.08 Å². The van der Waals surface area contributed by atoms with Crippen molar-refractivity contribution in [1.29, 1.82) is 0 Å². The molecule has 1 rings (SSSR count). The normalized spacial score (nSPS) is 14.7. The molecule has 0 radical (unpaired) electrons. The lowest BCUT2D eigenvalue weighted by Gasteiger charge is -2.21. The number of benzene rings is 1. The Hall–Kier alpha value is -1.58. The Kier molecular flexibility index (Phi) is 5.33. The fraction of sp³-hybridized carbons (Fsp3) is 0.400. The molecular weight excluding hydrogens is 253 g/mol. The summed E-state index contributed by atoms with van der Waals surface area (Å²) in [6.07, 6.45) is -2.75. The van der Waals surface area contributed by atoms with Gasteiger partial charge in [0.25, 0.3) is 0 Å². The second kappa shape index (κ2) is 6.55. The number of Topliss-reactive ketones (excluding diaryl/α,β-unsaturated/α-hetero) is 1. The third-order valence-corrected chi connectivity index (χ3v) is 3.21. The number of rotatable bonds is 6. The van der Waals surface area contributed by atoms with Crippen molar-refractivity contribution in [1.82, 2.24) is 0 Å². The van der Waals surface area contributed by atoms with E-state index in [1.54, 1.807) is 6.92 Å². The van der Waals surface area contributed by atoms with Crippen molar-refractivity contribution >= 4 is 5.78 Å². The molecule has 1 aromatic carbocycles. The van der Waals surface area contributed by atoms with Crippen LogP contribution >= 0.6 is 0 Å². The molecule has 0 unspecified atom stereocenters. The predicted octanol–water partition coefficient (Wildman–Crippen LogP) is 4.19. The van der Waals surface area contributed by atoms with Crippen LogP contribution in [0, 0.1) is 11.8 Å². The monoisotopic (exact) mass is 270 g/mol. The highest BCUT2D eigenvalue weighted by Gasteiger charge is 2.44. The standard InChI is InChI=1S/C15H17F3O/c1-3-11(2)13(14(19)15(16,17)18)10-9-12-7-5-4-6-8-12/h3-8,11,13H,1,9-10H2,2H3/t11-,13-/m0/s1. The van der Waals surface area contributed by atoms with E-state index in [1.807, 2.05) is 30.3 Å². The first-order chi connectivity index (χ1) is 8.86. The maximum atomic E-state index is 12.5. The third kappa shape index (κ3) is 4.54. The van der Waals surface area contributed by atoms with Crippen molar-refractivity contribution in [3.63, 3.8) is 0 Å². The lowest BCUT2D eigenvalue weighted by molar-refractivity contribution is -0.176. The van der Waals surface area contributed by atoms with Gasteiger partial charge in [-0.1, -0.05) is 43.3 Å². The highest BCUT2D eigenvalue weighted by atomic mass is 19.4. The number of hydrogen-bond acceptors (Lipinski definition) is 1. The molecular formula is C15H17F3O. The molecule has 19 heavy (non-hydrogen) atoms. The first-order valence-electron chi connectivity index (χ1n) is 6.13. The topological polar surface area (TPSA) is 17.1 Å². The van der Waals surface area contributed by atoms with E-state index < -0.39 is 23.8 Å². The summed E-state index contributed by atoms with van der Waals surface area (Å²) in [7, 11) is 0. The predicted molar refractivity (Wildman–Crippen MR) is 68.7 cm³/mol. The zero-order chi connectivity index (χ0) is 14.5. The average molecular weight is 270 g/mol. The van der Waals surface area contributed by atoms with Gasteiger partial charge in [0.2, 0.25) is 5.78 Å². The molecule has 0 saturated heterocycles. The Morgan fingerprint density at radius 2 is 1.89 bits per heavy atom. The van der Waals surface area contributed by atoms with Crippen LogP contribution in [-0.2, 0) is 11.2 Å². The fourth-order valence-electron chi connectivity index (χ4n) is 1.97. The fourth-order valence-corrected chi connectivity index (χ4v) is 1.97. The molecule has 0 fully saturated rings. The van der Waals surface area contributed by atoms with Gasteiger partial charge in [0.15, 0.2) is 0 Å². The van der Waals surface area contributed by atoms with E-state index in [9.17, 15) is 18.0 Å². The molecule has 104 valence electrons. The second-order valence-electron chi connectivity index (χ2n) is 4.59. The number of alkyl halides is 3. The lowest BCUT2D eigenvalue weighted by atomic mass is 9.85. The van der Waals surface area contributed by atoms with E-state index >= 15 is 0 Å². The molecule has 4 heteroatoms. The van der Waals surface area contributed by atoms with Crippen LogP contribution in [0.1, 0.15) is 18.9 Å². The van der Waals surface area contributed by atoms with E-state index in [0.29, 0.717) is 6.42 Å². The van der Waals surface area contributed by atoms with Gasteiger partial charge in [-0.25, -0.2) is 0 Å². The van der Waals surface area contributed by atoms with Gasteiger partial charge in [-0.15, -0.1) is 6.58 Å². The Labute approximate surface area is 111 Å². The van der Waals surface area contributed by atoms with E-state index in [4.69, 9.17) is 0 Å². The first kappa shape index (κ1) is 15.5. The largest absolute Gasteiger partial charge is 0.450 e. The van der Waals surface area contributed by atoms with E-state index in [2.05, 4.69) is 6.58 Å². The highest BCUT2D eigenvalue weighted by Crippen LogP contribution is 2.29. The summed E-state index contributed by atoms with van der Waals surface area (Å²) in [6, 6.07) is 9.18. The van der Waals surface area contributed by atoms with Crippen LogP contribution in [0.4, 0.5) is 13.2 Å². The number of aryl methyl sites for hydroxylation is 1. The van der Waals surface area contributed by atoms with Gasteiger partial charge in [0, 0.05) is 5.92 Å². The minimum atomic E-state index is -4.78. The van der Waals surface area contributed by atoms with E-state index in [-0.39, 0.29) is 6.42 Å². The molecule has 0 heterocycles. The van der Waals surface area contributed by atoms with Gasteiger partial charge in [-0.3, -0.25) is 4.79 Å². The number of carbonyl (C=O) groups is 1. The van der Waals surface area contributed by atoms with Gasteiger partial charge in [0.1, 0.15) is 0 Å². The lowest BCUT2D eigenvalue weighted by Crippen LogP contribution is -2.34. The van der Waals surface area contributed by atoms with Crippen molar-refractivity contribution in [3.8, 4) is 0 Å². The van der Waals surface area contributed by atoms with Crippen LogP contribution in [0.5, 0.6) is 0 Å². The number of allylic oxidation sites excluding steroid dienone is 1. The minimum Gasteiger partial charge on any atom is -0.289 e. The Morgan fingerprint density at radius 1 is 1.32 bits per heavy atom. The maximum Gasteiger partial charge on any atom is 0.450 e. The summed E-state index contributed by atoms with van der Waals surface area (Å²) in [6.45, 7) is 5.07. The van der Waals surface area contributed by atoms with Gasteiger partial charge in [0.05, 0.1) is 0 Å². The zero-order valence-corrected chi connectivity index (χ0v) is 10.8. The summed E-state index contributed by atoms with van der Waals surface area (Å²) in [5.41, 5.74) is 0.929. The van der Waals surface area contributed by atoms with Crippen LogP contribution in [0.25, 0.3) is 0 Å². The summed E-state index contributed by atoms with van der Waals surface area (Å²) in [4.78, 5) is 11.4. The van der Waals surface area contributed by atoms with Crippen molar-refractivity contribution < 1.29 is 18.0 Å². The first-order valence-corrected chi connectivity index (χ1v) is 6.13. The second-order valence-corrected chi connectivity index (χ2v) is 4.59. The average Bonchev–Trinajstić information content (AvgIpc) is 2.38. The van der Waals surface area contributed by atoms with Gasteiger partial charge in [-0.2, -0.15) is 13.2 Å². The summed E-state index contributed by atoms with van der Waals surface area (Å²) >= 11 is 0. The van der Waals surface area contributed by atoms with Crippen LogP contribution in [0.3, 0.4) is 0 Å². The molecule has 0 spiro atoms. The quantitative estimate of drug-likeness (QED) is 0.708. The van der Waals surface area contributed by atoms with E-state index in [0.717, 1.165) is 5.56 Å². The molecule has 0 aliphatic heterocycles. The van der Waals surface area contributed by atoms with Crippen molar-refractivity contribution in [2.45, 2.75) is 25.9 Å². The summed E-state index contributed by atoms with van der Waals surface area (Å²) in [5.74, 6) is -3.20. The Balaban J connectivity index is 2.76. The molecule has 0 aliphatic rings. The molecule has 0 amide bonds. The summed E-state index contributed by atoms with van der Waals surface area (Å²) in [5, 5.41) is 0. The minimum absolute atomic E-state index is 0.176.